The molecular formula is C38H36F2N6O3. The number of carbonyl (C=O) groups is 2. The van der Waals surface area contributed by atoms with E-state index in [0.717, 1.165) is 59.2 Å². The molecule has 1 aliphatic heterocycles. The summed E-state index contributed by atoms with van der Waals surface area (Å²) in [6.07, 6.45) is 4.95. The molecule has 6 aromatic rings. The lowest BCUT2D eigenvalue weighted by molar-refractivity contribution is -0.147. The van der Waals surface area contributed by atoms with Gasteiger partial charge < -0.3 is 23.7 Å². The number of nitrogens with zero attached hydrogens (tertiary/aromatic N) is 6. The van der Waals surface area contributed by atoms with Gasteiger partial charge in [-0.15, -0.1) is 0 Å². The van der Waals surface area contributed by atoms with Crippen LogP contribution < -0.4 is 0 Å². The Labute approximate surface area is 282 Å². The summed E-state index contributed by atoms with van der Waals surface area (Å²) in [5.74, 6) is -1.27. The molecule has 2 aromatic carbocycles. The molecule has 1 saturated heterocycles. The van der Waals surface area contributed by atoms with E-state index >= 15 is 0 Å². The average molecular weight is 663 g/mol. The van der Waals surface area contributed by atoms with Gasteiger partial charge in [0.05, 0.1) is 17.9 Å². The van der Waals surface area contributed by atoms with E-state index in [1.54, 1.807) is 41.2 Å². The Hall–Kier alpha value is -5.42. The SMILES string of the molecule is CN1CCC(N(CCOC(=O)Cn2c(-c3ccc(F)cc3)cc3cccnc32)C(=O)Cn2c(-c3ccc(F)cc3)cc3cccnc32)CC1. The van der Waals surface area contributed by atoms with Crippen LogP contribution in [0.25, 0.3) is 44.6 Å². The van der Waals surface area contributed by atoms with Gasteiger partial charge in [0.25, 0.3) is 0 Å². The second kappa shape index (κ2) is 14.0. The minimum Gasteiger partial charge on any atom is -0.462 e. The lowest BCUT2D eigenvalue weighted by Crippen LogP contribution is -2.49. The molecule has 0 spiro atoms. The van der Waals surface area contributed by atoms with Crippen molar-refractivity contribution in [3.05, 3.63) is 109 Å². The van der Waals surface area contributed by atoms with Crippen LogP contribution in [0.4, 0.5) is 8.78 Å². The average Bonchev–Trinajstić information content (AvgIpc) is 3.66. The van der Waals surface area contributed by atoms with Crippen molar-refractivity contribution in [3.63, 3.8) is 0 Å². The van der Waals surface area contributed by atoms with Crippen LogP contribution in [0.2, 0.25) is 0 Å². The van der Waals surface area contributed by atoms with Crippen LogP contribution in [0.3, 0.4) is 0 Å². The van der Waals surface area contributed by atoms with Crippen molar-refractivity contribution in [2.45, 2.75) is 32.0 Å². The number of hydrogen-bond donors (Lipinski definition) is 0. The van der Waals surface area contributed by atoms with E-state index in [2.05, 4.69) is 21.9 Å². The number of fused-ring (bicyclic) bond motifs is 2. The number of likely N-dealkylation sites (tertiary alicyclic amines) is 1. The first kappa shape index (κ1) is 32.1. The van der Waals surface area contributed by atoms with Gasteiger partial charge in [-0.2, -0.15) is 0 Å². The third-order valence-corrected chi connectivity index (χ3v) is 9.22. The first-order valence-electron chi connectivity index (χ1n) is 16.4. The zero-order chi connectivity index (χ0) is 33.9. The van der Waals surface area contributed by atoms with Gasteiger partial charge in [-0.25, -0.2) is 18.7 Å². The normalized spacial score (nSPS) is 14.0. The molecule has 0 saturated carbocycles. The van der Waals surface area contributed by atoms with Crippen LogP contribution in [0.1, 0.15) is 12.8 Å². The molecule has 7 rings (SSSR count). The summed E-state index contributed by atoms with van der Waals surface area (Å²) in [5.41, 5.74) is 4.29. The first-order chi connectivity index (χ1) is 23.8. The summed E-state index contributed by atoms with van der Waals surface area (Å²) in [6, 6.07) is 23.7. The van der Waals surface area contributed by atoms with E-state index in [-0.39, 0.29) is 49.8 Å². The van der Waals surface area contributed by atoms with E-state index in [4.69, 9.17) is 4.74 Å². The van der Waals surface area contributed by atoms with Gasteiger partial charge in [0.15, 0.2) is 0 Å². The van der Waals surface area contributed by atoms with Crippen molar-refractivity contribution in [1.82, 2.24) is 28.9 Å². The Balaban J connectivity index is 1.10. The molecule has 1 amide bonds. The minimum absolute atomic E-state index is 0.0188. The largest absolute Gasteiger partial charge is 0.462 e. The van der Waals surface area contributed by atoms with Gasteiger partial charge in [-0.3, -0.25) is 9.59 Å². The molecule has 49 heavy (non-hydrogen) atoms. The monoisotopic (exact) mass is 662 g/mol. The molecule has 9 nitrogen and oxygen atoms in total. The van der Waals surface area contributed by atoms with Gasteiger partial charge in [-0.1, -0.05) is 0 Å². The molecular weight excluding hydrogens is 626 g/mol. The second-order valence-electron chi connectivity index (χ2n) is 12.4. The Bertz CT molecular complexity index is 2100. The van der Waals surface area contributed by atoms with E-state index in [1.165, 1.54) is 24.3 Å². The number of pyridine rings is 2. The zero-order valence-corrected chi connectivity index (χ0v) is 27.1. The highest BCUT2D eigenvalue weighted by molar-refractivity contribution is 5.88. The second-order valence-corrected chi connectivity index (χ2v) is 12.4. The lowest BCUT2D eigenvalue weighted by atomic mass is 10.0. The Morgan fingerprint density at radius 1 is 0.776 bits per heavy atom. The maximum Gasteiger partial charge on any atom is 0.326 e. The molecule has 250 valence electrons. The van der Waals surface area contributed by atoms with Crippen molar-refractivity contribution in [1.29, 1.82) is 0 Å². The number of carbonyl (C=O) groups excluding carboxylic acids is 2. The Morgan fingerprint density at radius 3 is 1.82 bits per heavy atom. The predicted octanol–water partition coefficient (Wildman–Crippen LogP) is 6.16. The maximum atomic E-state index is 14.2. The predicted molar refractivity (Wildman–Crippen MR) is 183 cm³/mol. The van der Waals surface area contributed by atoms with E-state index in [1.807, 2.05) is 45.9 Å². The molecule has 11 heteroatoms. The summed E-state index contributed by atoms with van der Waals surface area (Å²) in [7, 11) is 2.07. The van der Waals surface area contributed by atoms with E-state index in [0.29, 0.717) is 11.3 Å². The van der Waals surface area contributed by atoms with E-state index < -0.39 is 5.97 Å². The number of hydrogen-bond acceptors (Lipinski definition) is 6. The van der Waals surface area contributed by atoms with Crippen molar-refractivity contribution < 1.29 is 23.1 Å². The zero-order valence-electron chi connectivity index (χ0n) is 27.1. The van der Waals surface area contributed by atoms with Gasteiger partial charge in [0.1, 0.15) is 42.6 Å². The fraction of sp³-hybridized carbons (Fsp3) is 0.263. The van der Waals surface area contributed by atoms with Crippen molar-refractivity contribution in [2.24, 2.45) is 0 Å². The van der Waals surface area contributed by atoms with Crippen LogP contribution >= 0.6 is 0 Å². The van der Waals surface area contributed by atoms with Crippen molar-refractivity contribution in [3.8, 4) is 22.5 Å². The fourth-order valence-corrected chi connectivity index (χ4v) is 6.69. The summed E-state index contributed by atoms with van der Waals surface area (Å²) >= 11 is 0. The van der Waals surface area contributed by atoms with Crippen molar-refractivity contribution in [2.75, 3.05) is 33.3 Å². The molecule has 0 bridgehead atoms. The van der Waals surface area contributed by atoms with Crippen LogP contribution in [-0.2, 0) is 27.4 Å². The van der Waals surface area contributed by atoms with Crippen LogP contribution in [0, 0.1) is 11.6 Å². The Kier molecular flexibility index (Phi) is 9.17. The molecule has 0 unspecified atom stereocenters. The summed E-state index contributed by atoms with van der Waals surface area (Å²) in [6.45, 7) is 1.87. The van der Waals surface area contributed by atoms with Crippen molar-refractivity contribution >= 4 is 33.9 Å². The quantitative estimate of drug-likeness (QED) is 0.163. The van der Waals surface area contributed by atoms with Gasteiger partial charge in [0.2, 0.25) is 5.91 Å². The number of ether oxygens (including phenoxy) is 1. The molecule has 5 heterocycles. The number of rotatable bonds is 10. The molecule has 0 N–H and O–H groups in total. The number of amides is 1. The third kappa shape index (κ3) is 6.93. The standard InChI is InChI=1S/C38H36F2N6O3/c1-43-18-14-32(15-19-43)44(35(47)24-45-33(26-6-10-30(39)11-7-26)22-28-4-2-16-41-37(28)45)20-21-49-36(48)25-46-34(27-8-12-31(40)13-9-27)23-29-5-3-17-42-38(29)46/h2-13,16-17,22-23,32H,14-15,18-21,24-25H2,1H3. The van der Waals surface area contributed by atoms with E-state index in [9.17, 15) is 18.4 Å². The van der Waals surface area contributed by atoms with Crippen LogP contribution in [-0.4, -0.2) is 80.1 Å². The number of halogens is 2. The molecule has 4 aromatic heterocycles. The Morgan fingerprint density at radius 2 is 1.29 bits per heavy atom. The van der Waals surface area contributed by atoms with Crippen LogP contribution in [0.5, 0.6) is 0 Å². The molecule has 1 aliphatic rings. The molecule has 0 atom stereocenters. The maximum absolute atomic E-state index is 14.2. The summed E-state index contributed by atoms with van der Waals surface area (Å²) < 4.78 is 36.9. The number of aromatic nitrogens is 4. The summed E-state index contributed by atoms with van der Waals surface area (Å²) in [5, 5.41) is 1.72. The molecule has 0 aliphatic carbocycles. The number of esters is 1. The van der Waals surface area contributed by atoms with Crippen LogP contribution in [0.15, 0.2) is 97.3 Å². The topological polar surface area (TPSA) is 85.5 Å². The first-order valence-corrected chi connectivity index (χ1v) is 16.4. The van der Waals surface area contributed by atoms with Gasteiger partial charge >= 0.3 is 5.97 Å². The fourth-order valence-electron chi connectivity index (χ4n) is 6.69. The third-order valence-electron chi connectivity index (χ3n) is 9.22. The highest BCUT2D eigenvalue weighted by Gasteiger charge is 2.28. The minimum atomic E-state index is -0.471. The summed E-state index contributed by atoms with van der Waals surface area (Å²) in [4.78, 5) is 40.6. The van der Waals surface area contributed by atoms with Gasteiger partial charge in [-0.05, 0) is 129 Å². The number of benzene rings is 2. The smallest absolute Gasteiger partial charge is 0.326 e. The van der Waals surface area contributed by atoms with Gasteiger partial charge in [0, 0.05) is 29.2 Å². The molecule has 0 radical (unpaired) electrons. The molecule has 1 fully saturated rings. The lowest BCUT2D eigenvalue weighted by Gasteiger charge is -2.37. The number of piperidine rings is 1. The highest BCUT2D eigenvalue weighted by Crippen LogP contribution is 2.29. The highest BCUT2D eigenvalue weighted by atomic mass is 19.1.